The van der Waals surface area contributed by atoms with Gasteiger partial charge in [0.25, 0.3) is 0 Å². The van der Waals surface area contributed by atoms with Crippen LogP contribution in [-0.4, -0.2) is 54.0 Å². The van der Waals surface area contributed by atoms with Gasteiger partial charge in [-0.3, -0.25) is 4.79 Å². The molecule has 0 aliphatic carbocycles. The Bertz CT molecular complexity index is 409. The van der Waals surface area contributed by atoms with E-state index in [-0.39, 0.29) is 12.0 Å². The van der Waals surface area contributed by atoms with Crippen LogP contribution in [0.25, 0.3) is 0 Å². The highest BCUT2D eigenvalue weighted by Crippen LogP contribution is 2.35. The third kappa shape index (κ3) is 4.35. The molecule has 0 radical (unpaired) electrons. The van der Waals surface area contributed by atoms with Crippen LogP contribution in [0.15, 0.2) is 0 Å². The second-order valence-electron chi connectivity index (χ2n) is 7.28. The van der Waals surface area contributed by atoms with Gasteiger partial charge in [-0.05, 0) is 51.9 Å². The second kappa shape index (κ2) is 6.86. The molecular formula is C16H27NO5. The number of carboxylic acids is 1. The lowest BCUT2D eigenvalue weighted by Crippen LogP contribution is -2.45. The Balaban J connectivity index is 1.88. The number of hydrogen-bond acceptors (Lipinski definition) is 4. The maximum absolute atomic E-state index is 12.1. The van der Waals surface area contributed by atoms with E-state index in [9.17, 15) is 14.7 Å². The van der Waals surface area contributed by atoms with Gasteiger partial charge in [-0.15, -0.1) is 0 Å². The van der Waals surface area contributed by atoms with Gasteiger partial charge in [0.15, 0.2) is 0 Å². The largest absolute Gasteiger partial charge is 0.481 e. The van der Waals surface area contributed by atoms with Crippen LogP contribution in [0.1, 0.15) is 40.0 Å². The fourth-order valence-corrected chi connectivity index (χ4v) is 3.41. The van der Waals surface area contributed by atoms with Gasteiger partial charge in [-0.1, -0.05) is 0 Å². The molecule has 1 N–H and O–H groups in total. The summed E-state index contributed by atoms with van der Waals surface area (Å²) in [6, 6.07) is 0. The van der Waals surface area contributed by atoms with Crippen molar-refractivity contribution in [1.82, 2.24) is 4.90 Å². The highest BCUT2D eigenvalue weighted by molar-refractivity contribution is 5.70. The lowest BCUT2D eigenvalue weighted by atomic mass is 9.74. The maximum Gasteiger partial charge on any atom is 0.410 e. The number of carbonyl (C=O) groups excluding carboxylic acids is 1. The van der Waals surface area contributed by atoms with Gasteiger partial charge >= 0.3 is 12.1 Å². The Kier molecular flexibility index (Phi) is 5.32. The number of hydrogen-bond donors (Lipinski definition) is 1. The van der Waals surface area contributed by atoms with Crippen LogP contribution >= 0.6 is 0 Å². The van der Waals surface area contributed by atoms with Crippen LogP contribution in [-0.2, 0) is 14.3 Å². The molecule has 0 spiro atoms. The number of nitrogens with zero attached hydrogens (tertiary/aromatic N) is 1. The highest BCUT2D eigenvalue weighted by Gasteiger charge is 2.39. The number of carboxylic acid groups (broad SMARTS) is 1. The average molecular weight is 313 g/mol. The van der Waals surface area contributed by atoms with E-state index in [1.54, 1.807) is 4.90 Å². The number of aliphatic carboxylic acids is 1. The summed E-state index contributed by atoms with van der Waals surface area (Å²) in [5.74, 6) is -0.665. The van der Waals surface area contributed by atoms with Crippen molar-refractivity contribution in [2.75, 3.05) is 26.3 Å². The number of rotatable bonds is 2. The first kappa shape index (κ1) is 17.1. The van der Waals surface area contributed by atoms with Crippen LogP contribution in [0, 0.1) is 17.8 Å². The smallest absolute Gasteiger partial charge is 0.410 e. The Morgan fingerprint density at radius 1 is 1.18 bits per heavy atom. The topological polar surface area (TPSA) is 76.1 Å². The summed E-state index contributed by atoms with van der Waals surface area (Å²) in [4.78, 5) is 25.2. The summed E-state index contributed by atoms with van der Waals surface area (Å²) in [5.41, 5.74) is -0.483. The van der Waals surface area contributed by atoms with Crippen molar-refractivity contribution in [2.24, 2.45) is 17.8 Å². The molecule has 2 heterocycles. The minimum Gasteiger partial charge on any atom is -0.481 e. The van der Waals surface area contributed by atoms with Crippen LogP contribution in [0.4, 0.5) is 4.79 Å². The molecule has 2 atom stereocenters. The van der Waals surface area contributed by atoms with Crippen molar-refractivity contribution in [3.63, 3.8) is 0 Å². The van der Waals surface area contributed by atoms with Crippen LogP contribution in [0.3, 0.4) is 0 Å². The number of piperidine rings is 1. The summed E-state index contributed by atoms with van der Waals surface area (Å²) in [5, 5.41) is 9.34. The van der Waals surface area contributed by atoms with Crippen LogP contribution in [0.2, 0.25) is 0 Å². The zero-order chi connectivity index (χ0) is 16.3. The zero-order valence-corrected chi connectivity index (χ0v) is 13.7. The average Bonchev–Trinajstić information content (AvgIpc) is 2.45. The number of likely N-dealkylation sites (tertiary alicyclic amines) is 1. The molecule has 0 saturated carbocycles. The molecule has 126 valence electrons. The van der Waals surface area contributed by atoms with E-state index in [1.165, 1.54) is 0 Å². The van der Waals surface area contributed by atoms with Crippen molar-refractivity contribution in [3.05, 3.63) is 0 Å². The van der Waals surface area contributed by atoms with Crippen molar-refractivity contribution in [2.45, 2.75) is 45.6 Å². The van der Waals surface area contributed by atoms with E-state index < -0.39 is 17.5 Å². The molecule has 6 nitrogen and oxygen atoms in total. The van der Waals surface area contributed by atoms with E-state index in [4.69, 9.17) is 9.47 Å². The fourth-order valence-electron chi connectivity index (χ4n) is 3.41. The molecule has 0 unspecified atom stereocenters. The van der Waals surface area contributed by atoms with Gasteiger partial charge in [0, 0.05) is 19.7 Å². The molecule has 2 saturated heterocycles. The Morgan fingerprint density at radius 3 is 2.36 bits per heavy atom. The molecule has 0 aromatic carbocycles. The SMILES string of the molecule is CC(C)(C)OC(=O)N1CCC([C@@H]2CCOC[C@@H]2C(=O)O)CC1. The Morgan fingerprint density at radius 2 is 1.82 bits per heavy atom. The van der Waals surface area contributed by atoms with Gasteiger partial charge in [-0.2, -0.15) is 0 Å². The molecule has 0 aromatic rings. The molecule has 2 aliphatic rings. The van der Waals surface area contributed by atoms with Crippen molar-refractivity contribution >= 4 is 12.1 Å². The van der Waals surface area contributed by atoms with E-state index in [2.05, 4.69) is 0 Å². The van der Waals surface area contributed by atoms with Crippen molar-refractivity contribution < 1.29 is 24.2 Å². The first-order valence-corrected chi connectivity index (χ1v) is 8.06. The maximum atomic E-state index is 12.1. The first-order chi connectivity index (χ1) is 10.3. The summed E-state index contributed by atoms with van der Waals surface area (Å²) >= 11 is 0. The Hall–Kier alpha value is -1.30. The molecule has 2 aliphatic heterocycles. The lowest BCUT2D eigenvalue weighted by Gasteiger charge is -2.40. The zero-order valence-electron chi connectivity index (χ0n) is 13.7. The van der Waals surface area contributed by atoms with Crippen LogP contribution < -0.4 is 0 Å². The number of ether oxygens (including phenoxy) is 2. The van der Waals surface area contributed by atoms with E-state index in [0.29, 0.717) is 32.2 Å². The third-order valence-corrected chi connectivity index (χ3v) is 4.52. The molecule has 1 amide bonds. The molecule has 2 fully saturated rings. The fraction of sp³-hybridized carbons (Fsp3) is 0.875. The Labute approximate surface area is 131 Å². The highest BCUT2D eigenvalue weighted by atomic mass is 16.6. The lowest BCUT2D eigenvalue weighted by molar-refractivity contribution is -0.151. The number of amides is 1. The van der Waals surface area contributed by atoms with Crippen molar-refractivity contribution in [3.8, 4) is 0 Å². The quantitative estimate of drug-likeness (QED) is 0.847. The summed E-state index contributed by atoms with van der Waals surface area (Å²) in [6.07, 6.45) is 2.21. The van der Waals surface area contributed by atoms with Crippen molar-refractivity contribution in [1.29, 1.82) is 0 Å². The monoisotopic (exact) mass is 313 g/mol. The predicted molar refractivity (Wildman–Crippen MR) is 80.6 cm³/mol. The molecular weight excluding hydrogens is 286 g/mol. The van der Waals surface area contributed by atoms with Gasteiger partial charge in [0.05, 0.1) is 12.5 Å². The molecule has 2 rings (SSSR count). The summed E-state index contributed by atoms with van der Waals surface area (Å²) < 4.78 is 10.7. The molecule has 0 bridgehead atoms. The van der Waals surface area contributed by atoms with E-state index in [0.717, 1.165) is 19.3 Å². The third-order valence-electron chi connectivity index (χ3n) is 4.52. The van der Waals surface area contributed by atoms with E-state index in [1.807, 2.05) is 20.8 Å². The first-order valence-electron chi connectivity index (χ1n) is 8.06. The minimum absolute atomic E-state index is 0.159. The number of carbonyl (C=O) groups is 2. The molecule has 0 aromatic heterocycles. The van der Waals surface area contributed by atoms with Gasteiger partial charge in [0.1, 0.15) is 5.60 Å². The minimum atomic E-state index is -0.765. The summed E-state index contributed by atoms with van der Waals surface area (Å²) in [6.45, 7) is 7.81. The molecule has 22 heavy (non-hydrogen) atoms. The standard InChI is InChI=1S/C16H27NO5/c1-16(2,3)22-15(20)17-7-4-11(5-8-17)12-6-9-21-10-13(12)14(18)19/h11-13H,4-10H2,1-3H3,(H,18,19)/t12-,13-/m0/s1. The molecule has 6 heteroatoms. The van der Waals surface area contributed by atoms with Crippen LogP contribution in [0.5, 0.6) is 0 Å². The second-order valence-corrected chi connectivity index (χ2v) is 7.28. The summed E-state index contributed by atoms with van der Waals surface area (Å²) in [7, 11) is 0. The predicted octanol–water partition coefficient (Wildman–Crippen LogP) is 2.37. The van der Waals surface area contributed by atoms with Gasteiger partial charge < -0.3 is 19.5 Å². The normalized spacial score (nSPS) is 27.5. The van der Waals surface area contributed by atoms with Gasteiger partial charge in [-0.25, -0.2) is 4.79 Å². The van der Waals surface area contributed by atoms with E-state index >= 15 is 0 Å². The van der Waals surface area contributed by atoms with Gasteiger partial charge in [0.2, 0.25) is 0 Å².